The van der Waals surface area contributed by atoms with Gasteiger partial charge in [-0.1, -0.05) is 52.9 Å². The summed E-state index contributed by atoms with van der Waals surface area (Å²) in [7, 11) is 5.60. The summed E-state index contributed by atoms with van der Waals surface area (Å²) in [6, 6.07) is 9.17. The zero-order valence-corrected chi connectivity index (χ0v) is 22.8. The number of amides is 2. The number of hydrogen-bond donors (Lipinski definition) is 3. The first-order valence-corrected chi connectivity index (χ1v) is 12.4. The maximum Gasteiger partial charge on any atom is 0.323 e. The maximum absolute atomic E-state index is 13.0. The summed E-state index contributed by atoms with van der Waals surface area (Å²) in [4.78, 5) is 15.0. The predicted molar refractivity (Wildman–Crippen MR) is 149 cm³/mol. The van der Waals surface area contributed by atoms with Crippen molar-refractivity contribution in [3.63, 3.8) is 0 Å². The van der Waals surface area contributed by atoms with E-state index in [4.69, 9.17) is 4.74 Å². The van der Waals surface area contributed by atoms with Crippen molar-refractivity contribution < 1.29 is 14.6 Å². The lowest BCUT2D eigenvalue weighted by molar-refractivity contribution is 0.262. The highest BCUT2D eigenvalue weighted by Crippen LogP contribution is 2.44. The smallest absolute Gasteiger partial charge is 0.323 e. The molecule has 35 heavy (non-hydrogen) atoms. The molecule has 194 valence electrons. The summed E-state index contributed by atoms with van der Waals surface area (Å²) >= 11 is 0. The van der Waals surface area contributed by atoms with Gasteiger partial charge in [0, 0.05) is 36.6 Å². The summed E-state index contributed by atoms with van der Waals surface area (Å²) in [6.45, 7) is 6.12. The Kier molecular flexibility index (Phi) is 10.1. The van der Waals surface area contributed by atoms with Gasteiger partial charge in [0.25, 0.3) is 0 Å². The molecule has 0 saturated heterocycles. The number of carbonyl (C=O) groups excluding carboxylic acids is 1. The lowest BCUT2D eigenvalue weighted by atomic mass is 9.82. The van der Waals surface area contributed by atoms with Gasteiger partial charge in [-0.2, -0.15) is 0 Å². The van der Waals surface area contributed by atoms with Crippen LogP contribution in [0.2, 0.25) is 0 Å². The Morgan fingerprint density at radius 2 is 1.71 bits per heavy atom. The predicted octanol–water partition coefficient (Wildman–Crippen LogP) is 7.34. The van der Waals surface area contributed by atoms with Gasteiger partial charge >= 0.3 is 6.03 Å². The molecular formula is C28H42ClN3O3. The van der Waals surface area contributed by atoms with Crippen molar-refractivity contribution in [2.75, 3.05) is 36.7 Å². The number of hydrogen-bond acceptors (Lipinski definition) is 4. The van der Waals surface area contributed by atoms with Crippen molar-refractivity contribution in [3.05, 3.63) is 41.5 Å². The average molecular weight is 504 g/mol. The van der Waals surface area contributed by atoms with Gasteiger partial charge in [0.15, 0.2) is 0 Å². The van der Waals surface area contributed by atoms with Crippen LogP contribution in [0.4, 0.5) is 21.9 Å². The van der Waals surface area contributed by atoms with Gasteiger partial charge in [0.2, 0.25) is 0 Å². The molecule has 2 aromatic rings. The van der Waals surface area contributed by atoms with E-state index in [1.54, 1.807) is 7.11 Å². The van der Waals surface area contributed by atoms with Crippen molar-refractivity contribution in [1.82, 2.24) is 0 Å². The van der Waals surface area contributed by atoms with E-state index in [0.29, 0.717) is 23.0 Å². The van der Waals surface area contributed by atoms with Crippen LogP contribution >= 0.6 is 12.4 Å². The highest BCUT2D eigenvalue weighted by Gasteiger charge is 2.27. The quantitative estimate of drug-likeness (QED) is 0.345. The highest BCUT2D eigenvalue weighted by molar-refractivity contribution is 6.01. The first kappa shape index (κ1) is 28.6. The number of nitrogens with one attached hydrogen (secondary N) is 2. The van der Waals surface area contributed by atoms with E-state index in [1.165, 1.54) is 32.1 Å². The van der Waals surface area contributed by atoms with Crippen LogP contribution in [0.1, 0.15) is 70.4 Å². The third-order valence-electron chi connectivity index (χ3n) is 6.80. The Morgan fingerprint density at radius 3 is 2.26 bits per heavy atom. The zero-order chi connectivity index (χ0) is 24.9. The Balaban J connectivity index is 0.00000432. The van der Waals surface area contributed by atoms with E-state index in [-0.39, 0.29) is 29.6 Å². The number of phenols is 1. The first-order valence-electron chi connectivity index (χ1n) is 12.4. The molecule has 0 aromatic heterocycles. The van der Waals surface area contributed by atoms with Crippen LogP contribution in [-0.4, -0.2) is 32.3 Å². The van der Waals surface area contributed by atoms with E-state index in [2.05, 4.69) is 10.6 Å². The summed E-state index contributed by atoms with van der Waals surface area (Å²) in [5, 5.41) is 17.1. The zero-order valence-electron chi connectivity index (χ0n) is 22.0. The van der Waals surface area contributed by atoms with Gasteiger partial charge in [0.05, 0.1) is 12.8 Å². The molecule has 0 bridgehead atoms. The fourth-order valence-electron chi connectivity index (χ4n) is 4.77. The van der Waals surface area contributed by atoms with E-state index in [1.807, 2.05) is 70.1 Å². The molecule has 3 N–H and O–H groups in total. The van der Waals surface area contributed by atoms with Crippen LogP contribution in [0.25, 0.3) is 0 Å². The number of nitrogens with zero attached hydrogens (tertiary/aromatic N) is 1. The minimum absolute atomic E-state index is 0. The summed E-state index contributed by atoms with van der Waals surface area (Å²) in [6.07, 6.45) is 8.17. The first-order chi connectivity index (χ1) is 16.1. The lowest BCUT2D eigenvalue weighted by Crippen LogP contribution is -2.22. The largest absolute Gasteiger partial charge is 0.505 e. The van der Waals surface area contributed by atoms with Crippen molar-refractivity contribution in [3.8, 4) is 11.5 Å². The molecule has 6 nitrogen and oxygen atoms in total. The normalized spacial score (nSPS) is 14.1. The highest BCUT2D eigenvalue weighted by atomic mass is 35.5. The average Bonchev–Trinajstić information content (AvgIpc) is 2.79. The third kappa shape index (κ3) is 7.44. The molecule has 0 unspecified atom stereocenters. The minimum Gasteiger partial charge on any atom is -0.505 e. The minimum atomic E-state index is -0.389. The number of urea groups is 1. The molecule has 3 rings (SSSR count). The fourth-order valence-corrected chi connectivity index (χ4v) is 4.77. The van der Waals surface area contributed by atoms with Crippen LogP contribution in [-0.2, 0) is 11.8 Å². The molecule has 1 aliphatic carbocycles. The van der Waals surface area contributed by atoms with Crippen LogP contribution in [0.15, 0.2) is 30.3 Å². The molecule has 2 amide bonds. The lowest BCUT2D eigenvalue weighted by Gasteiger charge is -2.27. The van der Waals surface area contributed by atoms with Gasteiger partial charge in [-0.25, -0.2) is 4.79 Å². The number of benzene rings is 2. The Hall–Kier alpha value is -2.60. The number of aromatic hydroxyl groups is 1. The Morgan fingerprint density at radius 1 is 1.09 bits per heavy atom. The Bertz CT molecular complexity index is 978. The number of rotatable bonds is 7. The monoisotopic (exact) mass is 503 g/mol. The van der Waals surface area contributed by atoms with Crippen molar-refractivity contribution in [1.29, 1.82) is 0 Å². The molecular weight excluding hydrogens is 462 g/mol. The Labute approximate surface area is 216 Å². The third-order valence-corrected chi connectivity index (χ3v) is 6.80. The molecule has 1 saturated carbocycles. The number of anilines is 3. The summed E-state index contributed by atoms with van der Waals surface area (Å²) in [5.41, 5.74) is 3.48. The van der Waals surface area contributed by atoms with Crippen LogP contribution in [0, 0.1) is 5.92 Å². The van der Waals surface area contributed by atoms with E-state index < -0.39 is 0 Å². The summed E-state index contributed by atoms with van der Waals surface area (Å²) < 4.78 is 5.76. The van der Waals surface area contributed by atoms with Gasteiger partial charge in [0.1, 0.15) is 11.5 Å². The molecule has 1 aliphatic rings. The topological polar surface area (TPSA) is 73.8 Å². The molecule has 0 spiro atoms. The molecule has 0 aliphatic heterocycles. The summed E-state index contributed by atoms with van der Waals surface area (Å²) in [5.74, 6) is 1.51. The van der Waals surface area contributed by atoms with Crippen LogP contribution in [0.3, 0.4) is 0 Å². The number of methoxy groups -OCH3 is 1. The van der Waals surface area contributed by atoms with E-state index >= 15 is 0 Å². The number of ether oxygens (including phenoxy) is 1. The number of carbonyl (C=O) groups is 1. The SMILES string of the molecule is COc1cc(C(C)(C)C)c(O)c(NC(=O)Nc2ccc(N(C)C)cc2)c1CCC1CCCCC1.Cl. The fraction of sp³-hybridized carbons (Fsp3) is 0.536. The van der Waals surface area contributed by atoms with E-state index in [0.717, 1.165) is 29.7 Å². The van der Waals surface area contributed by atoms with Gasteiger partial charge < -0.3 is 25.4 Å². The van der Waals surface area contributed by atoms with Gasteiger partial charge in [-0.15, -0.1) is 12.4 Å². The molecule has 2 aromatic carbocycles. The second-order valence-electron chi connectivity index (χ2n) is 10.6. The standard InChI is InChI=1S/C28H41N3O3.ClH/c1-28(2,3)23-18-24(34-6)22(17-12-19-10-8-7-9-11-19)25(26(23)32)30-27(33)29-20-13-15-21(16-14-20)31(4)5;/h13-16,18-19,32H,7-12,17H2,1-6H3,(H2,29,30,33);1H. The maximum atomic E-state index is 13.0. The second kappa shape index (κ2) is 12.4. The van der Waals surface area contributed by atoms with E-state index in [9.17, 15) is 9.90 Å². The number of halogens is 1. The van der Waals surface area contributed by atoms with Crippen molar-refractivity contribution in [2.24, 2.45) is 5.92 Å². The molecule has 7 heteroatoms. The van der Waals surface area contributed by atoms with Crippen LogP contribution in [0.5, 0.6) is 11.5 Å². The molecule has 0 heterocycles. The molecule has 1 fully saturated rings. The molecule has 0 atom stereocenters. The number of phenolic OH excluding ortho intramolecular Hbond substituents is 1. The van der Waals surface area contributed by atoms with Gasteiger partial charge in [-0.05, 0) is 54.5 Å². The second-order valence-corrected chi connectivity index (χ2v) is 10.6. The van der Waals surface area contributed by atoms with Crippen molar-refractivity contribution >= 4 is 35.5 Å². The molecule has 0 radical (unpaired) electrons. The van der Waals surface area contributed by atoms with Crippen molar-refractivity contribution in [2.45, 2.75) is 71.1 Å². The van der Waals surface area contributed by atoms with Gasteiger partial charge in [-0.3, -0.25) is 0 Å². The van der Waals surface area contributed by atoms with Crippen LogP contribution < -0.4 is 20.3 Å².